The van der Waals surface area contributed by atoms with Gasteiger partial charge in [0.15, 0.2) is 0 Å². The van der Waals surface area contributed by atoms with E-state index in [1.54, 1.807) is 25.5 Å². The van der Waals surface area contributed by atoms with Gasteiger partial charge in [0, 0.05) is 30.7 Å². The molecule has 116 valence electrons. The van der Waals surface area contributed by atoms with E-state index in [1.165, 1.54) is 6.07 Å². The van der Waals surface area contributed by atoms with Gasteiger partial charge in [-0.1, -0.05) is 13.0 Å². The van der Waals surface area contributed by atoms with E-state index in [1.807, 2.05) is 23.0 Å². The third-order valence-corrected chi connectivity index (χ3v) is 3.54. The molecule has 0 aliphatic carbocycles. The minimum atomic E-state index is -0.203. The second-order valence-corrected chi connectivity index (χ2v) is 5.03. The van der Waals surface area contributed by atoms with Crippen LogP contribution in [-0.4, -0.2) is 19.1 Å². The summed E-state index contributed by atoms with van der Waals surface area (Å²) in [6.07, 6.45) is 8.26. The Morgan fingerprint density at radius 1 is 1.23 bits per heavy atom. The summed E-state index contributed by atoms with van der Waals surface area (Å²) in [5.41, 5.74) is 2.34. The van der Waals surface area contributed by atoms with Crippen molar-refractivity contribution in [3.8, 4) is 5.69 Å². The number of rotatable bonds is 4. The van der Waals surface area contributed by atoms with Gasteiger partial charge in [0.05, 0.1) is 18.6 Å². The summed E-state index contributed by atoms with van der Waals surface area (Å²) in [5.74, 6) is 0.830. The Hall–Kier alpha value is -2.14. The molecular formula is C16H18ClFN4. The van der Waals surface area contributed by atoms with Crippen molar-refractivity contribution in [1.82, 2.24) is 19.1 Å². The highest BCUT2D eigenvalue weighted by atomic mass is 35.5. The van der Waals surface area contributed by atoms with Crippen molar-refractivity contribution >= 4 is 12.4 Å². The van der Waals surface area contributed by atoms with Crippen molar-refractivity contribution in [3.63, 3.8) is 0 Å². The van der Waals surface area contributed by atoms with Crippen LogP contribution >= 0.6 is 12.4 Å². The topological polar surface area (TPSA) is 35.6 Å². The molecule has 0 saturated heterocycles. The van der Waals surface area contributed by atoms with Crippen LogP contribution in [-0.2, 0) is 13.0 Å². The maximum atomic E-state index is 13.6. The number of aromatic nitrogens is 4. The van der Waals surface area contributed by atoms with Crippen molar-refractivity contribution < 1.29 is 4.39 Å². The van der Waals surface area contributed by atoms with Crippen molar-refractivity contribution in [2.24, 2.45) is 0 Å². The van der Waals surface area contributed by atoms with Gasteiger partial charge in [0.1, 0.15) is 11.6 Å². The van der Waals surface area contributed by atoms with E-state index in [9.17, 15) is 4.39 Å². The lowest BCUT2D eigenvalue weighted by Crippen LogP contribution is -2.03. The largest absolute Gasteiger partial charge is 0.329 e. The quantitative estimate of drug-likeness (QED) is 0.737. The van der Waals surface area contributed by atoms with Crippen molar-refractivity contribution in [3.05, 3.63) is 66.0 Å². The monoisotopic (exact) mass is 320 g/mol. The summed E-state index contributed by atoms with van der Waals surface area (Å²) >= 11 is 0. The molecule has 0 atom stereocenters. The molecule has 0 bridgehead atoms. The van der Waals surface area contributed by atoms with Crippen molar-refractivity contribution in [2.75, 3.05) is 0 Å². The minimum absolute atomic E-state index is 0. The molecule has 0 unspecified atom stereocenters. The molecule has 1 aromatic carbocycles. The van der Waals surface area contributed by atoms with E-state index in [2.05, 4.69) is 21.5 Å². The Kier molecular flexibility index (Phi) is 4.98. The fraction of sp³-hybridized carbons (Fsp3) is 0.250. The van der Waals surface area contributed by atoms with Crippen LogP contribution in [0.4, 0.5) is 4.39 Å². The highest BCUT2D eigenvalue weighted by Crippen LogP contribution is 2.14. The predicted molar refractivity (Wildman–Crippen MR) is 86.2 cm³/mol. The zero-order valence-corrected chi connectivity index (χ0v) is 13.3. The van der Waals surface area contributed by atoms with E-state index < -0.39 is 0 Å². The summed E-state index contributed by atoms with van der Waals surface area (Å²) < 4.78 is 17.5. The van der Waals surface area contributed by atoms with Crippen molar-refractivity contribution in [2.45, 2.75) is 26.8 Å². The van der Waals surface area contributed by atoms with Crippen molar-refractivity contribution in [1.29, 1.82) is 0 Å². The SMILES string of the molecule is CCc1nccn1Cc1cn(-c2ccc(C)c(F)c2)cn1.Cl. The Balaban J connectivity index is 0.00000176. The first-order chi connectivity index (χ1) is 10.2. The van der Waals surface area contributed by atoms with Crippen LogP contribution in [0.15, 0.2) is 43.1 Å². The first kappa shape index (κ1) is 16.2. The molecule has 0 spiro atoms. The summed E-state index contributed by atoms with van der Waals surface area (Å²) in [5, 5.41) is 0. The molecule has 0 aliphatic heterocycles. The molecule has 0 amide bonds. The zero-order valence-electron chi connectivity index (χ0n) is 12.5. The molecule has 3 aromatic rings. The number of aryl methyl sites for hydroxylation is 2. The molecule has 2 aromatic heterocycles. The molecule has 6 heteroatoms. The minimum Gasteiger partial charge on any atom is -0.329 e. The number of hydrogen-bond acceptors (Lipinski definition) is 2. The number of halogens is 2. The third kappa shape index (κ3) is 3.20. The molecular weight excluding hydrogens is 303 g/mol. The maximum absolute atomic E-state index is 13.6. The lowest BCUT2D eigenvalue weighted by atomic mass is 10.2. The molecule has 0 radical (unpaired) electrons. The summed E-state index contributed by atoms with van der Waals surface area (Å²) in [4.78, 5) is 8.68. The molecule has 0 fully saturated rings. The van der Waals surface area contributed by atoms with E-state index in [0.717, 1.165) is 23.6 Å². The van der Waals surface area contributed by atoms with Gasteiger partial charge in [-0.05, 0) is 24.6 Å². The lowest BCUT2D eigenvalue weighted by molar-refractivity contribution is 0.617. The van der Waals surface area contributed by atoms with Gasteiger partial charge in [0.25, 0.3) is 0 Å². The van der Waals surface area contributed by atoms with E-state index >= 15 is 0 Å². The fourth-order valence-corrected chi connectivity index (χ4v) is 2.30. The fourth-order valence-electron chi connectivity index (χ4n) is 2.30. The number of benzene rings is 1. The van der Waals surface area contributed by atoms with Gasteiger partial charge in [-0.2, -0.15) is 0 Å². The second kappa shape index (κ2) is 6.75. The molecule has 0 saturated carbocycles. The summed E-state index contributed by atoms with van der Waals surface area (Å²) in [7, 11) is 0. The van der Waals surface area contributed by atoms with Gasteiger partial charge in [-0.15, -0.1) is 12.4 Å². The highest BCUT2D eigenvalue weighted by molar-refractivity contribution is 5.85. The normalized spacial score (nSPS) is 10.5. The number of imidazole rings is 2. The summed E-state index contributed by atoms with van der Waals surface area (Å²) in [6, 6.07) is 5.18. The first-order valence-electron chi connectivity index (χ1n) is 6.96. The first-order valence-corrected chi connectivity index (χ1v) is 6.96. The highest BCUT2D eigenvalue weighted by Gasteiger charge is 2.06. The van der Waals surface area contributed by atoms with Crippen LogP contribution < -0.4 is 0 Å². The van der Waals surface area contributed by atoms with E-state index in [0.29, 0.717) is 12.1 Å². The summed E-state index contributed by atoms with van der Waals surface area (Å²) in [6.45, 7) is 4.50. The predicted octanol–water partition coefficient (Wildman–Crippen LogP) is 3.55. The Labute approximate surface area is 135 Å². The Morgan fingerprint density at radius 2 is 2.05 bits per heavy atom. The van der Waals surface area contributed by atoms with Gasteiger partial charge in [-0.3, -0.25) is 0 Å². The molecule has 0 aliphatic rings. The molecule has 2 heterocycles. The van der Waals surface area contributed by atoms with Crippen LogP contribution in [0.25, 0.3) is 5.69 Å². The van der Waals surface area contributed by atoms with E-state index in [-0.39, 0.29) is 18.2 Å². The van der Waals surface area contributed by atoms with Gasteiger partial charge in [-0.25, -0.2) is 14.4 Å². The van der Waals surface area contributed by atoms with Crippen LogP contribution in [0.1, 0.15) is 24.0 Å². The second-order valence-electron chi connectivity index (χ2n) is 5.03. The lowest BCUT2D eigenvalue weighted by Gasteiger charge is -2.04. The Bertz CT molecular complexity index is 763. The number of nitrogens with zero attached hydrogens (tertiary/aromatic N) is 4. The standard InChI is InChI=1S/C16H17FN4.ClH/c1-3-16-18-6-7-20(16)9-13-10-21(11-19-13)14-5-4-12(2)15(17)8-14;/h4-8,10-11H,3,9H2,1-2H3;1H. The maximum Gasteiger partial charge on any atom is 0.128 e. The molecule has 3 rings (SSSR count). The van der Waals surface area contributed by atoms with E-state index in [4.69, 9.17) is 0 Å². The molecule has 0 N–H and O–H groups in total. The molecule has 4 nitrogen and oxygen atoms in total. The van der Waals surface area contributed by atoms with Crippen LogP contribution in [0.5, 0.6) is 0 Å². The van der Waals surface area contributed by atoms with Crippen LogP contribution in [0.2, 0.25) is 0 Å². The smallest absolute Gasteiger partial charge is 0.128 e. The zero-order chi connectivity index (χ0) is 14.8. The number of hydrogen-bond donors (Lipinski definition) is 0. The van der Waals surface area contributed by atoms with Crippen LogP contribution in [0, 0.1) is 12.7 Å². The third-order valence-electron chi connectivity index (χ3n) is 3.54. The average Bonchev–Trinajstić information content (AvgIpc) is 3.11. The van der Waals surface area contributed by atoms with Crippen LogP contribution in [0.3, 0.4) is 0 Å². The average molecular weight is 321 g/mol. The van der Waals surface area contributed by atoms with Gasteiger partial charge >= 0.3 is 0 Å². The molecule has 22 heavy (non-hydrogen) atoms. The van der Waals surface area contributed by atoms with Gasteiger partial charge < -0.3 is 9.13 Å². The Morgan fingerprint density at radius 3 is 2.77 bits per heavy atom. The van der Waals surface area contributed by atoms with Gasteiger partial charge in [0.2, 0.25) is 0 Å².